The van der Waals surface area contributed by atoms with Crippen molar-refractivity contribution in [3.05, 3.63) is 5.69 Å². The summed E-state index contributed by atoms with van der Waals surface area (Å²) in [5, 5.41) is 13.1. The van der Waals surface area contributed by atoms with Gasteiger partial charge in [-0.05, 0) is 18.8 Å². The Bertz CT molecular complexity index is 545. The highest BCUT2D eigenvalue weighted by Gasteiger charge is 2.24. The van der Waals surface area contributed by atoms with E-state index in [1.54, 1.807) is 0 Å². The molecular weight excluding hydrogens is 226 g/mol. The molecular formula is C13H21N5. The van der Waals surface area contributed by atoms with Crippen molar-refractivity contribution in [3.8, 4) is 0 Å². The fourth-order valence-electron chi connectivity index (χ4n) is 2.96. The summed E-state index contributed by atoms with van der Waals surface area (Å²) in [6, 6.07) is 0.497. The van der Waals surface area contributed by atoms with Crippen molar-refractivity contribution in [2.45, 2.75) is 57.9 Å². The highest BCUT2D eigenvalue weighted by atomic mass is 15.4. The molecule has 2 aromatic heterocycles. The van der Waals surface area contributed by atoms with Crippen molar-refractivity contribution in [1.29, 1.82) is 0 Å². The highest BCUT2D eigenvalue weighted by Crippen LogP contribution is 2.34. The van der Waals surface area contributed by atoms with E-state index in [0.717, 1.165) is 16.7 Å². The monoisotopic (exact) mass is 247 g/mol. The van der Waals surface area contributed by atoms with E-state index in [9.17, 15) is 0 Å². The molecule has 5 nitrogen and oxygen atoms in total. The van der Waals surface area contributed by atoms with E-state index in [1.807, 2.05) is 0 Å². The minimum atomic E-state index is 0.372. The van der Waals surface area contributed by atoms with Crippen molar-refractivity contribution in [2.24, 2.45) is 0 Å². The summed E-state index contributed by atoms with van der Waals surface area (Å²) in [7, 11) is 0. The maximum atomic E-state index is 5.99. The molecule has 3 rings (SSSR count). The van der Waals surface area contributed by atoms with Gasteiger partial charge >= 0.3 is 0 Å². The zero-order valence-corrected chi connectivity index (χ0v) is 11.1. The summed E-state index contributed by atoms with van der Waals surface area (Å²) in [5.41, 5.74) is 7.99. The Balaban J connectivity index is 2.11. The van der Waals surface area contributed by atoms with Crippen molar-refractivity contribution >= 4 is 16.9 Å². The lowest BCUT2D eigenvalue weighted by Gasteiger charge is -2.22. The molecule has 3 N–H and O–H groups in total. The van der Waals surface area contributed by atoms with Gasteiger partial charge in [0.1, 0.15) is 5.82 Å². The average molecular weight is 247 g/mol. The van der Waals surface area contributed by atoms with Gasteiger partial charge in [-0.1, -0.05) is 33.1 Å². The van der Waals surface area contributed by atoms with Crippen LogP contribution < -0.4 is 5.73 Å². The third-order valence-electron chi connectivity index (χ3n) is 3.93. The lowest BCUT2D eigenvalue weighted by atomic mass is 9.96. The summed E-state index contributed by atoms with van der Waals surface area (Å²) in [4.78, 5) is 0. The Morgan fingerprint density at radius 2 is 2.00 bits per heavy atom. The Morgan fingerprint density at radius 1 is 1.28 bits per heavy atom. The number of nitrogens with zero attached hydrogens (tertiary/aromatic N) is 3. The van der Waals surface area contributed by atoms with Gasteiger partial charge in [0.15, 0.2) is 5.65 Å². The van der Waals surface area contributed by atoms with Gasteiger partial charge in [-0.25, -0.2) is 4.68 Å². The number of nitrogens with one attached hydrogen (secondary N) is 1. The Morgan fingerprint density at radius 3 is 2.67 bits per heavy atom. The summed E-state index contributed by atoms with van der Waals surface area (Å²) in [5.74, 6) is 1.02. The molecule has 0 unspecified atom stereocenters. The van der Waals surface area contributed by atoms with Crippen LogP contribution in [-0.4, -0.2) is 20.0 Å². The van der Waals surface area contributed by atoms with Gasteiger partial charge < -0.3 is 5.73 Å². The molecule has 0 bridgehead atoms. The first-order valence-corrected chi connectivity index (χ1v) is 6.90. The fourth-order valence-corrected chi connectivity index (χ4v) is 2.96. The van der Waals surface area contributed by atoms with Crippen LogP contribution in [0.25, 0.3) is 11.0 Å². The van der Waals surface area contributed by atoms with E-state index in [2.05, 4.69) is 28.7 Å². The van der Waals surface area contributed by atoms with Gasteiger partial charge in [0.2, 0.25) is 0 Å². The Kier molecular flexibility index (Phi) is 2.76. The van der Waals surface area contributed by atoms with E-state index in [1.165, 1.54) is 32.1 Å². The molecule has 0 radical (unpaired) electrons. The number of hydrogen-bond donors (Lipinski definition) is 2. The summed E-state index contributed by atoms with van der Waals surface area (Å²) in [6.45, 7) is 4.30. The van der Waals surface area contributed by atoms with Crippen molar-refractivity contribution in [3.63, 3.8) is 0 Å². The smallest absolute Gasteiger partial charge is 0.182 e. The molecule has 18 heavy (non-hydrogen) atoms. The first-order chi connectivity index (χ1) is 8.68. The topological polar surface area (TPSA) is 72.5 Å². The average Bonchev–Trinajstić information content (AvgIpc) is 2.92. The van der Waals surface area contributed by atoms with Crippen LogP contribution in [0.5, 0.6) is 0 Å². The number of nitrogen functional groups attached to an aromatic ring is 1. The number of aromatic nitrogens is 4. The minimum Gasteiger partial charge on any atom is -0.383 e. The standard InChI is InChI=1S/C13H21N5/c1-8(2)11-10-12(14)15-16-13(10)18(17-11)9-6-4-3-5-7-9/h8-9H,3-7H2,1-2H3,(H3,14,15,16). The molecule has 0 amide bonds. The first-order valence-electron chi connectivity index (χ1n) is 6.90. The van der Waals surface area contributed by atoms with Crippen molar-refractivity contribution in [1.82, 2.24) is 20.0 Å². The molecule has 0 atom stereocenters. The number of anilines is 1. The number of hydrogen-bond acceptors (Lipinski definition) is 3. The zero-order chi connectivity index (χ0) is 12.7. The molecule has 1 aliphatic rings. The minimum absolute atomic E-state index is 0.372. The number of nitrogens with two attached hydrogens (primary N) is 1. The predicted molar refractivity (Wildman–Crippen MR) is 72.5 cm³/mol. The van der Waals surface area contributed by atoms with Gasteiger partial charge in [0.05, 0.1) is 17.1 Å². The fraction of sp³-hybridized carbons (Fsp3) is 0.692. The normalized spacial score (nSPS) is 17.9. The summed E-state index contributed by atoms with van der Waals surface area (Å²) in [6.07, 6.45) is 6.36. The van der Waals surface area contributed by atoms with Crippen LogP contribution in [0.2, 0.25) is 0 Å². The second-order valence-corrected chi connectivity index (χ2v) is 5.61. The van der Waals surface area contributed by atoms with E-state index in [4.69, 9.17) is 10.8 Å². The number of rotatable bonds is 2. The van der Waals surface area contributed by atoms with Gasteiger partial charge in [-0.2, -0.15) is 10.2 Å². The molecule has 98 valence electrons. The van der Waals surface area contributed by atoms with Gasteiger partial charge in [0, 0.05) is 0 Å². The second kappa shape index (κ2) is 4.30. The van der Waals surface area contributed by atoms with Crippen LogP contribution in [-0.2, 0) is 0 Å². The third kappa shape index (κ3) is 1.69. The summed E-state index contributed by atoms with van der Waals surface area (Å²) < 4.78 is 2.11. The molecule has 1 aliphatic carbocycles. The van der Waals surface area contributed by atoms with E-state index in [0.29, 0.717) is 17.8 Å². The number of aromatic amines is 1. The maximum Gasteiger partial charge on any atom is 0.182 e. The van der Waals surface area contributed by atoms with E-state index in [-0.39, 0.29) is 0 Å². The van der Waals surface area contributed by atoms with Crippen molar-refractivity contribution in [2.75, 3.05) is 5.73 Å². The van der Waals surface area contributed by atoms with E-state index >= 15 is 0 Å². The molecule has 0 aromatic carbocycles. The van der Waals surface area contributed by atoms with Crippen LogP contribution in [0.3, 0.4) is 0 Å². The molecule has 1 fully saturated rings. The molecule has 0 saturated heterocycles. The first kappa shape index (κ1) is 11.6. The second-order valence-electron chi connectivity index (χ2n) is 5.61. The zero-order valence-electron chi connectivity index (χ0n) is 11.1. The van der Waals surface area contributed by atoms with Crippen LogP contribution in [0.1, 0.15) is 63.6 Å². The Hall–Kier alpha value is -1.52. The third-order valence-corrected chi connectivity index (χ3v) is 3.93. The molecule has 5 heteroatoms. The van der Waals surface area contributed by atoms with Crippen molar-refractivity contribution < 1.29 is 0 Å². The highest BCUT2D eigenvalue weighted by molar-refractivity contribution is 5.89. The molecule has 0 aliphatic heterocycles. The molecule has 2 heterocycles. The lowest BCUT2D eigenvalue weighted by Crippen LogP contribution is -2.14. The predicted octanol–water partition coefficient (Wildman–Crippen LogP) is 2.97. The SMILES string of the molecule is CC(C)c1nn(C2CCCCC2)c2n[nH]c(N)c12. The van der Waals surface area contributed by atoms with Crippen LogP contribution in [0, 0.1) is 0 Å². The van der Waals surface area contributed by atoms with E-state index < -0.39 is 0 Å². The molecule has 0 spiro atoms. The van der Waals surface area contributed by atoms with Gasteiger partial charge in [-0.3, -0.25) is 5.10 Å². The molecule has 1 saturated carbocycles. The molecule has 2 aromatic rings. The van der Waals surface area contributed by atoms with Crippen LogP contribution >= 0.6 is 0 Å². The van der Waals surface area contributed by atoms with Crippen LogP contribution in [0.4, 0.5) is 5.82 Å². The summed E-state index contributed by atoms with van der Waals surface area (Å²) >= 11 is 0. The largest absolute Gasteiger partial charge is 0.383 e. The maximum absolute atomic E-state index is 5.99. The lowest BCUT2D eigenvalue weighted by molar-refractivity contribution is 0.333. The number of H-pyrrole nitrogens is 1. The number of fused-ring (bicyclic) bond motifs is 1. The van der Waals surface area contributed by atoms with Gasteiger partial charge in [0.25, 0.3) is 0 Å². The van der Waals surface area contributed by atoms with Crippen LogP contribution in [0.15, 0.2) is 0 Å². The van der Waals surface area contributed by atoms with Gasteiger partial charge in [-0.15, -0.1) is 0 Å². The Labute approximate surface area is 107 Å². The quantitative estimate of drug-likeness (QED) is 0.856.